The number of nitrogens with zero attached hydrogens (tertiary/aromatic N) is 5. The molecule has 3 fully saturated rings. The van der Waals surface area contributed by atoms with Crippen LogP contribution in [0.2, 0.25) is 0 Å². The SMILES string of the molecule is CN(CC1CNC1)c1nc(OC[C@@]23CCCN2C[C@H](F)C3)nc2c(F)c(-c3cccc4ccc(F)c(F)c34)ncc12. The molecule has 0 unspecified atom stereocenters. The lowest BCUT2D eigenvalue weighted by Crippen LogP contribution is -2.47. The first kappa shape index (κ1) is 26.3. The fourth-order valence-electron chi connectivity index (χ4n) is 6.67. The molecule has 0 radical (unpaired) electrons. The highest BCUT2D eigenvalue weighted by Gasteiger charge is 2.49. The third-order valence-corrected chi connectivity index (χ3v) is 8.82. The van der Waals surface area contributed by atoms with Crippen LogP contribution in [0.4, 0.5) is 23.4 Å². The van der Waals surface area contributed by atoms with Crippen LogP contribution in [-0.4, -0.2) is 77.9 Å². The van der Waals surface area contributed by atoms with Gasteiger partial charge in [-0.15, -0.1) is 0 Å². The van der Waals surface area contributed by atoms with Crippen molar-refractivity contribution in [2.75, 3.05) is 51.3 Å². The minimum absolute atomic E-state index is 0.0131. The van der Waals surface area contributed by atoms with Gasteiger partial charge in [0.25, 0.3) is 0 Å². The van der Waals surface area contributed by atoms with Gasteiger partial charge in [-0.3, -0.25) is 9.88 Å². The average molecular weight is 567 g/mol. The number of benzene rings is 2. The van der Waals surface area contributed by atoms with Crippen LogP contribution in [-0.2, 0) is 0 Å². The van der Waals surface area contributed by atoms with Gasteiger partial charge in [-0.2, -0.15) is 9.97 Å². The number of alkyl halides is 1. The van der Waals surface area contributed by atoms with Gasteiger partial charge in [0.15, 0.2) is 17.5 Å². The Kier molecular flexibility index (Phi) is 6.46. The third-order valence-electron chi connectivity index (χ3n) is 8.82. The molecule has 41 heavy (non-hydrogen) atoms. The van der Waals surface area contributed by atoms with Crippen molar-refractivity contribution in [2.24, 2.45) is 5.92 Å². The summed E-state index contributed by atoms with van der Waals surface area (Å²) in [7, 11) is 1.88. The molecule has 0 bridgehead atoms. The maximum atomic E-state index is 16.4. The number of rotatable bonds is 7. The summed E-state index contributed by atoms with van der Waals surface area (Å²) in [4.78, 5) is 17.6. The van der Waals surface area contributed by atoms with Crippen LogP contribution in [0.5, 0.6) is 6.01 Å². The van der Waals surface area contributed by atoms with Crippen LogP contribution in [0, 0.1) is 23.4 Å². The number of fused-ring (bicyclic) bond motifs is 3. The second kappa shape index (κ2) is 10.1. The van der Waals surface area contributed by atoms with Crippen molar-refractivity contribution < 1.29 is 22.3 Å². The number of nitrogens with one attached hydrogen (secondary N) is 1. The van der Waals surface area contributed by atoms with E-state index in [0.717, 1.165) is 38.5 Å². The summed E-state index contributed by atoms with van der Waals surface area (Å²) in [6, 6.07) is 7.27. The number of hydrogen-bond acceptors (Lipinski definition) is 7. The van der Waals surface area contributed by atoms with Crippen molar-refractivity contribution in [1.82, 2.24) is 25.2 Å². The van der Waals surface area contributed by atoms with E-state index < -0.39 is 29.2 Å². The smallest absolute Gasteiger partial charge is 0.319 e. The minimum Gasteiger partial charge on any atom is -0.461 e. The zero-order valence-electron chi connectivity index (χ0n) is 22.6. The quantitative estimate of drug-likeness (QED) is 0.320. The molecule has 0 saturated carbocycles. The molecule has 3 aliphatic heterocycles. The molecule has 214 valence electrons. The van der Waals surface area contributed by atoms with Crippen molar-refractivity contribution in [1.29, 1.82) is 0 Å². The van der Waals surface area contributed by atoms with E-state index in [0.29, 0.717) is 42.0 Å². The van der Waals surface area contributed by atoms with Gasteiger partial charge in [0.2, 0.25) is 0 Å². The zero-order chi connectivity index (χ0) is 28.3. The molecule has 2 aromatic heterocycles. The molecule has 3 saturated heterocycles. The van der Waals surface area contributed by atoms with Crippen LogP contribution >= 0.6 is 0 Å². The molecule has 1 N–H and O–H groups in total. The fraction of sp³-hybridized carbons (Fsp3) is 0.433. The number of halogens is 4. The molecule has 7 nitrogen and oxygen atoms in total. The Hall–Kier alpha value is -3.57. The highest BCUT2D eigenvalue weighted by atomic mass is 19.2. The number of anilines is 1. The predicted molar refractivity (Wildman–Crippen MR) is 148 cm³/mol. The summed E-state index contributed by atoms with van der Waals surface area (Å²) in [6.07, 6.45) is 2.72. The van der Waals surface area contributed by atoms with E-state index in [2.05, 4.69) is 25.2 Å². The Morgan fingerprint density at radius 3 is 2.78 bits per heavy atom. The fourth-order valence-corrected chi connectivity index (χ4v) is 6.67. The van der Waals surface area contributed by atoms with E-state index in [1.807, 2.05) is 11.9 Å². The average Bonchev–Trinajstić information content (AvgIpc) is 3.47. The monoisotopic (exact) mass is 566 g/mol. The molecule has 3 aliphatic rings. The molecule has 5 heterocycles. The number of ether oxygens (including phenoxy) is 1. The minimum atomic E-state index is -1.07. The third kappa shape index (κ3) is 4.46. The molecule has 0 aliphatic carbocycles. The van der Waals surface area contributed by atoms with Crippen LogP contribution in [0.3, 0.4) is 0 Å². The first-order valence-electron chi connectivity index (χ1n) is 14.0. The van der Waals surface area contributed by atoms with E-state index >= 15 is 4.39 Å². The van der Waals surface area contributed by atoms with Crippen molar-refractivity contribution >= 4 is 27.5 Å². The van der Waals surface area contributed by atoms with E-state index in [9.17, 15) is 13.2 Å². The molecule has 0 amide bonds. The van der Waals surface area contributed by atoms with Gasteiger partial charge >= 0.3 is 6.01 Å². The van der Waals surface area contributed by atoms with Crippen molar-refractivity contribution in [3.8, 4) is 17.3 Å². The zero-order valence-corrected chi connectivity index (χ0v) is 22.6. The number of pyridine rings is 1. The lowest BCUT2D eigenvalue weighted by atomic mass is 9.95. The van der Waals surface area contributed by atoms with Crippen LogP contribution in [0.25, 0.3) is 32.9 Å². The van der Waals surface area contributed by atoms with E-state index in [4.69, 9.17) is 4.74 Å². The summed E-state index contributed by atoms with van der Waals surface area (Å²) in [5.41, 5.74) is -0.479. The molecule has 7 rings (SSSR count). The van der Waals surface area contributed by atoms with Crippen molar-refractivity contribution in [2.45, 2.75) is 31.0 Å². The van der Waals surface area contributed by atoms with Gasteiger partial charge in [0.05, 0.1) is 10.9 Å². The van der Waals surface area contributed by atoms with Crippen molar-refractivity contribution in [3.05, 3.63) is 54.0 Å². The Labute approximate surface area is 234 Å². The lowest BCUT2D eigenvalue weighted by Gasteiger charge is -2.32. The van der Waals surface area contributed by atoms with E-state index in [1.54, 1.807) is 12.1 Å². The van der Waals surface area contributed by atoms with Gasteiger partial charge in [-0.25, -0.2) is 17.6 Å². The summed E-state index contributed by atoms with van der Waals surface area (Å²) < 4.78 is 66.0. The standard InChI is InChI=1S/C30H30F4N6O/c1-39(14-17-11-35-12-17)28-21-13-36-26(20-5-2-4-18-6-7-22(32)24(33)23(18)20)25(34)27(21)37-29(38-28)41-16-30-8-3-9-40(30)15-19(31)10-30/h2,4-7,13,17,19,35H,3,8-12,14-16H2,1H3/t19-,30+/m1/s1. The molecule has 2 aromatic carbocycles. The van der Waals surface area contributed by atoms with E-state index in [1.165, 1.54) is 18.3 Å². The largest absolute Gasteiger partial charge is 0.461 e. The van der Waals surface area contributed by atoms with Gasteiger partial charge in [0, 0.05) is 62.7 Å². The lowest BCUT2D eigenvalue weighted by molar-refractivity contribution is 0.107. The first-order chi connectivity index (χ1) is 19.8. The maximum Gasteiger partial charge on any atom is 0.319 e. The highest BCUT2D eigenvalue weighted by molar-refractivity contribution is 5.99. The molecule has 4 aromatic rings. The molecule has 11 heteroatoms. The summed E-state index contributed by atoms with van der Waals surface area (Å²) in [6.45, 7) is 3.83. The Bertz CT molecular complexity index is 1650. The summed E-state index contributed by atoms with van der Waals surface area (Å²) >= 11 is 0. The second-order valence-electron chi connectivity index (χ2n) is 11.5. The molecular formula is C30H30F4N6O. The molecule has 2 atom stereocenters. The summed E-state index contributed by atoms with van der Waals surface area (Å²) in [5.74, 6) is -2.01. The van der Waals surface area contributed by atoms with Gasteiger partial charge in [0.1, 0.15) is 29.8 Å². The van der Waals surface area contributed by atoms with Crippen LogP contribution in [0.15, 0.2) is 36.5 Å². The van der Waals surface area contributed by atoms with Gasteiger partial charge in [-0.1, -0.05) is 24.3 Å². The first-order valence-corrected chi connectivity index (χ1v) is 14.0. The number of hydrogen-bond donors (Lipinski definition) is 1. The topological polar surface area (TPSA) is 66.4 Å². The highest BCUT2D eigenvalue weighted by Crippen LogP contribution is 2.41. The Morgan fingerprint density at radius 1 is 1.12 bits per heavy atom. The normalized spacial score (nSPS) is 22.8. The molecule has 0 spiro atoms. The van der Waals surface area contributed by atoms with Crippen LogP contribution in [0.1, 0.15) is 19.3 Å². The van der Waals surface area contributed by atoms with Gasteiger partial charge in [-0.05, 0) is 30.8 Å². The Balaban J connectivity index is 1.33. The number of aromatic nitrogens is 3. The molecular weight excluding hydrogens is 536 g/mol. The van der Waals surface area contributed by atoms with Gasteiger partial charge < -0.3 is 15.0 Å². The van der Waals surface area contributed by atoms with Crippen LogP contribution < -0.4 is 15.0 Å². The van der Waals surface area contributed by atoms with Crippen molar-refractivity contribution in [3.63, 3.8) is 0 Å². The Morgan fingerprint density at radius 2 is 1.98 bits per heavy atom. The van der Waals surface area contributed by atoms with E-state index in [-0.39, 0.29) is 34.8 Å². The second-order valence-corrected chi connectivity index (χ2v) is 11.5. The maximum absolute atomic E-state index is 16.4. The predicted octanol–water partition coefficient (Wildman–Crippen LogP) is 4.87. The summed E-state index contributed by atoms with van der Waals surface area (Å²) in [5, 5.41) is 4.00.